The van der Waals surface area contributed by atoms with Crippen molar-refractivity contribution in [2.45, 2.75) is 32.6 Å². The summed E-state index contributed by atoms with van der Waals surface area (Å²) in [4.78, 5) is 0. The Bertz CT molecular complexity index is 46.5. The Morgan fingerprint density at radius 3 is 1.89 bits per heavy atom. The molecule has 1 radical (unpaired) electrons. The topological polar surface area (TPSA) is 0 Å². The second kappa shape index (κ2) is 7.21. The molecule has 1 heteroatoms. The third kappa shape index (κ3) is 5.54. The van der Waals surface area contributed by atoms with E-state index in [-0.39, 0.29) is 40.1 Å². The van der Waals surface area contributed by atoms with Crippen LogP contribution in [0.3, 0.4) is 0 Å². The van der Waals surface area contributed by atoms with Gasteiger partial charge in [0, 0.05) is 32.7 Å². The predicted octanol–water partition coefficient (Wildman–Crippen LogP) is 2.85. The van der Waals surface area contributed by atoms with Gasteiger partial charge in [0.25, 0.3) is 0 Å². The van der Waals surface area contributed by atoms with Gasteiger partial charge in [0.05, 0.1) is 0 Å². The fourth-order valence-corrected chi connectivity index (χ4v) is 1.09. The van der Waals surface area contributed by atoms with Crippen molar-refractivity contribution < 1.29 is 32.7 Å². The number of hydrogen-bond donors (Lipinski definition) is 0. The molecule has 0 aromatic heterocycles. The molecular weight excluding hydrogens is 185 g/mol. The minimum Gasteiger partial charge on any atom is -0.358 e. The third-order valence-electron chi connectivity index (χ3n) is 1.73. The summed E-state index contributed by atoms with van der Waals surface area (Å²) in [6.45, 7) is 2.34. The first-order valence-electron chi connectivity index (χ1n) is 3.21. The molecule has 1 aliphatic rings. The average molecular weight is 201 g/mol. The molecule has 0 bridgehead atoms. The van der Waals surface area contributed by atoms with Crippen LogP contribution in [0, 0.1) is 19.8 Å². The summed E-state index contributed by atoms with van der Waals surface area (Å²) in [5.41, 5.74) is 0. The van der Waals surface area contributed by atoms with Crippen LogP contribution in [-0.2, 0) is 32.7 Å². The molecule has 0 aromatic carbocycles. The van der Waals surface area contributed by atoms with Crippen molar-refractivity contribution in [2.24, 2.45) is 5.92 Å². The Morgan fingerprint density at radius 1 is 1.22 bits per heavy atom. The van der Waals surface area contributed by atoms with E-state index >= 15 is 0 Å². The van der Waals surface area contributed by atoms with Crippen LogP contribution in [0.5, 0.6) is 0 Å². The maximum Gasteiger partial charge on any atom is 0 e. The van der Waals surface area contributed by atoms with Gasteiger partial charge >= 0.3 is 0 Å². The standard InChI is InChI=1S/C7H13.CH3.Y/c1-7-5-3-2-4-6-7;;/h2,7H,3-6H2,1H3;1H3;/q2*-1;. The van der Waals surface area contributed by atoms with E-state index in [2.05, 4.69) is 13.3 Å². The van der Waals surface area contributed by atoms with Crippen LogP contribution in [0.15, 0.2) is 0 Å². The summed E-state index contributed by atoms with van der Waals surface area (Å²) >= 11 is 0. The second-order valence-corrected chi connectivity index (χ2v) is 2.55. The zero-order valence-corrected chi connectivity index (χ0v) is 9.40. The predicted molar refractivity (Wildman–Crippen MR) is 38.3 cm³/mol. The molecule has 1 fully saturated rings. The van der Waals surface area contributed by atoms with Crippen LogP contribution in [0.2, 0.25) is 0 Å². The zero-order chi connectivity index (χ0) is 5.11. The SMILES string of the molecule is CC1CC[CH-]CC1.[CH3-].[Y]. The van der Waals surface area contributed by atoms with E-state index in [4.69, 9.17) is 0 Å². The number of hydrogen-bond acceptors (Lipinski definition) is 0. The minimum absolute atomic E-state index is 0. The first-order valence-corrected chi connectivity index (χ1v) is 3.21. The van der Waals surface area contributed by atoms with E-state index in [9.17, 15) is 0 Å². The summed E-state index contributed by atoms with van der Waals surface area (Å²) < 4.78 is 0. The molecule has 0 nitrogen and oxygen atoms in total. The van der Waals surface area contributed by atoms with Crippen molar-refractivity contribution in [2.75, 3.05) is 0 Å². The minimum atomic E-state index is 0. The van der Waals surface area contributed by atoms with Gasteiger partial charge in [-0.05, 0) is 5.92 Å². The van der Waals surface area contributed by atoms with E-state index in [1.807, 2.05) is 0 Å². The molecule has 0 N–H and O–H groups in total. The molecule has 53 valence electrons. The van der Waals surface area contributed by atoms with Gasteiger partial charge in [-0.25, -0.2) is 0 Å². The summed E-state index contributed by atoms with van der Waals surface area (Å²) in [5, 5.41) is 0. The molecule has 1 saturated carbocycles. The van der Waals surface area contributed by atoms with Gasteiger partial charge in [0.15, 0.2) is 0 Å². The second-order valence-electron chi connectivity index (χ2n) is 2.55. The van der Waals surface area contributed by atoms with E-state index < -0.39 is 0 Å². The average Bonchev–Trinajstić information content (AvgIpc) is 1.69. The Kier molecular flexibility index (Phi) is 10.2. The number of rotatable bonds is 0. The van der Waals surface area contributed by atoms with Crippen molar-refractivity contribution in [1.82, 2.24) is 0 Å². The van der Waals surface area contributed by atoms with Crippen LogP contribution >= 0.6 is 0 Å². The molecule has 0 aromatic rings. The van der Waals surface area contributed by atoms with Gasteiger partial charge in [-0.15, -0.1) is 0 Å². The van der Waals surface area contributed by atoms with Crippen molar-refractivity contribution >= 4 is 0 Å². The van der Waals surface area contributed by atoms with Crippen molar-refractivity contribution in [3.63, 3.8) is 0 Å². The summed E-state index contributed by atoms with van der Waals surface area (Å²) in [7, 11) is 0. The van der Waals surface area contributed by atoms with Gasteiger partial charge in [-0.1, -0.05) is 19.8 Å². The Morgan fingerprint density at radius 2 is 1.67 bits per heavy atom. The molecule has 0 amide bonds. The quantitative estimate of drug-likeness (QED) is 0.528. The Hall–Kier alpha value is 1.10. The van der Waals surface area contributed by atoms with Gasteiger partial charge < -0.3 is 13.8 Å². The van der Waals surface area contributed by atoms with Gasteiger partial charge in [-0.3, -0.25) is 0 Å². The molecule has 0 spiro atoms. The van der Waals surface area contributed by atoms with Crippen LogP contribution < -0.4 is 0 Å². The maximum absolute atomic E-state index is 2.40. The monoisotopic (exact) mass is 201 g/mol. The smallest absolute Gasteiger partial charge is 0 e. The third-order valence-corrected chi connectivity index (χ3v) is 1.73. The largest absolute Gasteiger partial charge is 0.358 e. The first-order chi connectivity index (χ1) is 3.39. The van der Waals surface area contributed by atoms with Crippen molar-refractivity contribution in [3.8, 4) is 0 Å². The first kappa shape index (κ1) is 12.8. The van der Waals surface area contributed by atoms with Crippen LogP contribution in [0.1, 0.15) is 32.6 Å². The van der Waals surface area contributed by atoms with Crippen LogP contribution in [-0.4, -0.2) is 0 Å². The van der Waals surface area contributed by atoms with E-state index in [0.717, 1.165) is 5.92 Å². The fourth-order valence-electron chi connectivity index (χ4n) is 1.09. The summed E-state index contributed by atoms with van der Waals surface area (Å²) in [6.07, 6.45) is 7.99. The van der Waals surface area contributed by atoms with E-state index in [0.29, 0.717) is 0 Å². The molecule has 1 rings (SSSR count). The normalized spacial score (nSPS) is 19.7. The van der Waals surface area contributed by atoms with Crippen molar-refractivity contribution in [1.29, 1.82) is 0 Å². The molecule has 9 heavy (non-hydrogen) atoms. The van der Waals surface area contributed by atoms with E-state index in [1.165, 1.54) is 25.7 Å². The van der Waals surface area contributed by atoms with Crippen LogP contribution in [0.25, 0.3) is 0 Å². The molecular formula is C8H16Y-2. The van der Waals surface area contributed by atoms with E-state index in [1.54, 1.807) is 0 Å². The van der Waals surface area contributed by atoms with Crippen molar-refractivity contribution in [3.05, 3.63) is 13.8 Å². The Balaban J connectivity index is 0. The van der Waals surface area contributed by atoms with Gasteiger partial charge in [0.2, 0.25) is 0 Å². The van der Waals surface area contributed by atoms with Gasteiger partial charge in [0.1, 0.15) is 0 Å². The molecule has 0 saturated heterocycles. The Labute approximate surface area is 84.7 Å². The summed E-state index contributed by atoms with van der Waals surface area (Å²) in [5.74, 6) is 1.00. The molecule has 1 aliphatic carbocycles. The fraction of sp³-hybridized carbons (Fsp3) is 0.750. The molecule has 0 heterocycles. The molecule has 0 atom stereocenters. The van der Waals surface area contributed by atoms with Crippen LogP contribution in [0.4, 0.5) is 0 Å². The zero-order valence-electron chi connectivity index (χ0n) is 6.56. The summed E-state index contributed by atoms with van der Waals surface area (Å²) in [6, 6.07) is 0. The molecule has 0 unspecified atom stereocenters. The molecule has 0 aliphatic heterocycles. The van der Waals surface area contributed by atoms with Gasteiger partial charge in [-0.2, -0.15) is 12.8 Å². The maximum atomic E-state index is 2.40.